The summed E-state index contributed by atoms with van der Waals surface area (Å²) in [6, 6.07) is 8.47. The fraction of sp³-hybridized carbons (Fsp3) is 0.235. The topological polar surface area (TPSA) is 64.1 Å². The van der Waals surface area contributed by atoms with E-state index in [-0.39, 0.29) is 11.4 Å². The molecule has 1 heterocycles. The molecule has 0 spiro atoms. The number of alkyl halides is 3. The van der Waals surface area contributed by atoms with E-state index in [1.165, 1.54) is 6.07 Å². The lowest BCUT2D eigenvalue weighted by Gasteiger charge is -2.09. The summed E-state index contributed by atoms with van der Waals surface area (Å²) in [7, 11) is 0. The molecule has 0 amide bonds. The number of benzene rings is 2. The van der Waals surface area contributed by atoms with Gasteiger partial charge in [0, 0.05) is 17.9 Å². The summed E-state index contributed by atoms with van der Waals surface area (Å²) in [5, 5.41) is 3.23. The van der Waals surface area contributed by atoms with Crippen LogP contribution >= 0.6 is 0 Å². The predicted molar refractivity (Wildman–Crippen MR) is 87.6 cm³/mol. The molecule has 1 aromatic heterocycles. The molecule has 0 unspecified atom stereocenters. The largest absolute Gasteiger partial charge is 0.436 e. The lowest BCUT2D eigenvalue weighted by atomic mass is 10.1. The highest BCUT2D eigenvalue weighted by atomic mass is 19.4. The number of hydrogen-bond acceptors (Lipinski definition) is 4. The molecule has 0 aliphatic heterocycles. The predicted octanol–water partition coefficient (Wildman–Crippen LogP) is 4.92. The molecule has 2 aromatic carbocycles. The van der Waals surface area contributed by atoms with Crippen molar-refractivity contribution in [3.05, 3.63) is 42.0 Å². The molecule has 24 heavy (non-hydrogen) atoms. The van der Waals surface area contributed by atoms with E-state index in [4.69, 9.17) is 10.2 Å². The average Bonchev–Trinajstić information content (AvgIpc) is 2.95. The number of nitrogens with zero attached hydrogens (tertiary/aromatic N) is 1. The fourth-order valence-electron chi connectivity index (χ4n) is 2.37. The van der Waals surface area contributed by atoms with Crippen molar-refractivity contribution in [1.29, 1.82) is 0 Å². The standard InChI is InChI=1S/C17H16F3N3O/c1-2-7-22-13-5-4-11(21)9-12(13)16-23-14-8-10(17(18,19)20)3-6-15(14)24-16/h3-6,8-9,22H,2,7,21H2,1H3. The number of nitrogen functional groups attached to an aromatic ring is 1. The van der Waals surface area contributed by atoms with Gasteiger partial charge in [0.1, 0.15) is 5.52 Å². The average molecular weight is 335 g/mol. The van der Waals surface area contributed by atoms with Crippen LogP contribution in [0.25, 0.3) is 22.6 Å². The van der Waals surface area contributed by atoms with Crippen molar-refractivity contribution in [2.45, 2.75) is 19.5 Å². The van der Waals surface area contributed by atoms with Crippen LogP contribution in [0, 0.1) is 0 Å². The van der Waals surface area contributed by atoms with Gasteiger partial charge in [0.2, 0.25) is 5.89 Å². The molecule has 0 saturated heterocycles. The first-order valence-corrected chi connectivity index (χ1v) is 7.50. The van der Waals surface area contributed by atoms with Gasteiger partial charge in [-0.2, -0.15) is 13.2 Å². The molecular formula is C17H16F3N3O. The lowest BCUT2D eigenvalue weighted by molar-refractivity contribution is -0.137. The van der Waals surface area contributed by atoms with Crippen LogP contribution in [0.2, 0.25) is 0 Å². The minimum atomic E-state index is -4.42. The summed E-state index contributed by atoms with van der Waals surface area (Å²) >= 11 is 0. The molecule has 0 saturated carbocycles. The van der Waals surface area contributed by atoms with E-state index >= 15 is 0 Å². The summed E-state index contributed by atoms with van der Waals surface area (Å²) in [6.07, 6.45) is -3.50. The van der Waals surface area contributed by atoms with Crippen LogP contribution in [0.4, 0.5) is 24.5 Å². The molecule has 3 aromatic rings. The van der Waals surface area contributed by atoms with Gasteiger partial charge >= 0.3 is 6.18 Å². The first-order valence-electron chi connectivity index (χ1n) is 7.50. The number of fused-ring (bicyclic) bond motifs is 1. The number of oxazole rings is 1. The maximum Gasteiger partial charge on any atom is 0.416 e. The van der Waals surface area contributed by atoms with Crippen molar-refractivity contribution in [1.82, 2.24) is 4.98 Å². The Balaban J connectivity index is 2.08. The van der Waals surface area contributed by atoms with Gasteiger partial charge in [-0.1, -0.05) is 6.92 Å². The first kappa shape index (κ1) is 16.2. The molecule has 126 valence electrons. The van der Waals surface area contributed by atoms with Crippen LogP contribution < -0.4 is 11.1 Å². The highest BCUT2D eigenvalue weighted by molar-refractivity contribution is 5.82. The number of hydrogen-bond donors (Lipinski definition) is 2. The molecule has 7 heteroatoms. The number of rotatable bonds is 4. The van der Waals surface area contributed by atoms with Gasteiger partial charge in [-0.25, -0.2) is 4.98 Å². The summed E-state index contributed by atoms with van der Waals surface area (Å²) in [5.41, 5.74) is 7.42. The van der Waals surface area contributed by atoms with Crippen LogP contribution in [0.3, 0.4) is 0 Å². The van der Waals surface area contributed by atoms with Crippen LogP contribution in [0.1, 0.15) is 18.9 Å². The summed E-state index contributed by atoms with van der Waals surface area (Å²) < 4.78 is 44.1. The molecule has 0 bridgehead atoms. The Morgan fingerprint density at radius 1 is 1.17 bits per heavy atom. The van der Waals surface area contributed by atoms with Gasteiger partial charge < -0.3 is 15.5 Å². The first-order chi connectivity index (χ1) is 11.4. The maximum absolute atomic E-state index is 12.8. The second kappa shape index (κ2) is 6.07. The van der Waals surface area contributed by atoms with E-state index in [9.17, 15) is 13.2 Å². The molecule has 0 aliphatic carbocycles. The molecule has 3 rings (SSSR count). The van der Waals surface area contributed by atoms with Gasteiger partial charge in [-0.3, -0.25) is 0 Å². The van der Waals surface area contributed by atoms with Crippen LogP contribution in [0.5, 0.6) is 0 Å². The molecular weight excluding hydrogens is 319 g/mol. The van der Waals surface area contributed by atoms with Gasteiger partial charge in [0.25, 0.3) is 0 Å². The highest BCUT2D eigenvalue weighted by Crippen LogP contribution is 2.35. The zero-order valence-electron chi connectivity index (χ0n) is 12.9. The summed E-state index contributed by atoms with van der Waals surface area (Å²) in [6.45, 7) is 2.78. The number of nitrogens with two attached hydrogens (primary N) is 1. The maximum atomic E-state index is 12.8. The Morgan fingerprint density at radius 3 is 2.67 bits per heavy atom. The third-order valence-corrected chi connectivity index (χ3v) is 3.55. The van der Waals surface area contributed by atoms with E-state index in [0.717, 1.165) is 30.8 Å². The Labute approximate surface area is 136 Å². The zero-order chi connectivity index (χ0) is 17.3. The lowest BCUT2D eigenvalue weighted by Crippen LogP contribution is -2.04. The number of nitrogens with one attached hydrogen (secondary N) is 1. The summed E-state index contributed by atoms with van der Waals surface area (Å²) in [4.78, 5) is 4.20. The third kappa shape index (κ3) is 3.15. The minimum Gasteiger partial charge on any atom is -0.436 e. The fourth-order valence-corrected chi connectivity index (χ4v) is 2.37. The number of anilines is 2. The van der Waals surface area contributed by atoms with Gasteiger partial charge in [0.15, 0.2) is 5.58 Å². The van der Waals surface area contributed by atoms with Crippen molar-refractivity contribution < 1.29 is 17.6 Å². The SMILES string of the molecule is CCCNc1ccc(N)cc1-c1nc2cc(C(F)(F)F)ccc2o1. The molecule has 0 radical (unpaired) electrons. The molecule has 0 aliphatic rings. The van der Waals surface area contributed by atoms with Gasteiger partial charge in [-0.05, 0) is 42.8 Å². The van der Waals surface area contributed by atoms with E-state index in [0.29, 0.717) is 16.8 Å². The van der Waals surface area contributed by atoms with Gasteiger partial charge in [-0.15, -0.1) is 0 Å². The molecule has 0 atom stereocenters. The van der Waals surface area contributed by atoms with Crippen molar-refractivity contribution in [2.75, 3.05) is 17.6 Å². The molecule has 4 nitrogen and oxygen atoms in total. The van der Waals surface area contributed by atoms with Crippen molar-refractivity contribution >= 4 is 22.5 Å². The van der Waals surface area contributed by atoms with Crippen molar-refractivity contribution in [2.24, 2.45) is 0 Å². The van der Waals surface area contributed by atoms with E-state index < -0.39 is 11.7 Å². The summed E-state index contributed by atoms with van der Waals surface area (Å²) in [5.74, 6) is 0.232. The van der Waals surface area contributed by atoms with Crippen LogP contribution in [-0.4, -0.2) is 11.5 Å². The zero-order valence-corrected chi connectivity index (χ0v) is 12.9. The monoisotopic (exact) mass is 335 g/mol. The Hall–Kier alpha value is -2.70. The van der Waals surface area contributed by atoms with Crippen LogP contribution in [-0.2, 0) is 6.18 Å². The Kier molecular flexibility index (Phi) is 4.09. The Bertz CT molecular complexity index is 871. The van der Waals surface area contributed by atoms with Crippen LogP contribution in [0.15, 0.2) is 40.8 Å². The van der Waals surface area contributed by atoms with E-state index in [1.54, 1.807) is 18.2 Å². The smallest absolute Gasteiger partial charge is 0.416 e. The Morgan fingerprint density at radius 2 is 1.96 bits per heavy atom. The second-order valence-corrected chi connectivity index (χ2v) is 5.43. The number of aromatic nitrogens is 1. The normalized spacial score (nSPS) is 11.8. The quantitative estimate of drug-likeness (QED) is 0.664. The van der Waals surface area contributed by atoms with Gasteiger partial charge in [0.05, 0.1) is 11.1 Å². The van der Waals surface area contributed by atoms with Crippen molar-refractivity contribution in [3.8, 4) is 11.5 Å². The van der Waals surface area contributed by atoms with E-state index in [1.807, 2.05) is 6.92 Å². The number of halogens is 3. The van der Waals surface area contributed by atoms with E-state index in [2.05, 4.69) is 10.3 Å². The second-order valence-electron chi connectivity index (χ2n) is 5.43. The van der Waals surface area contributed by atoms with Crippen molar-refractivity contribution in [3.63, 3.8) is 0 Å². The highest BCUT2D eigenvalue weighted by Gasteiger charge is 2.31. The minimum absolute atomic E-state index is 0.156. The molecule has 0 fully saturated rings. The molecule has 3 N–H and O–H groups in total. The third-order valence-electron chi connectivity index (χ3n) is 3.55.